The van der Waals surface area contributed by atoms with Crippen molar-refractivity contribution in [2.24, 2.45) is 0 Å². The molecule has 1 unspecified atom stereocenters. The van der Waals surface area contributed by atoms with E-state index in [9.17, 15) is 27.2 Å². The van der Waals surface area contributed by atoms with Gasteiger partial charge in [-0.1, -0.05) is 6.07 Å². The fraction of sp³-hybridized carbons (Fsp3) is 0.250. The molecule has 1 atom stereocenters. The number of fused-ring (bicyclic) bond motifs is 1. The number of hydrogen-bond acceptors (Lipinski definition) is 5. The van der Waals surface area contributed by atoms with Crippen LogP contribution in [0.3, 0.4) is 0 Å². The third-order valence-electron chi connectivity index (χ3n) is 5.24. The van der Waals surface area contributed by atoms with Crippen LogP contribution in [-0.2, 0) is 11.2 Å². The molecular formula is C24H22F4N4O4. The molecule has 1 aliphatic heterocycles. The van der Waals surface area contributed by atoms with Gasteiger partial charge in [0.15, 0.2) is 0 Å². The average molecular weight is 506 g/mol. The monoisotopic (exact) mass is 506 g/mol. The Labute approximate surface area is 202 Å². The summed E-state index contributed by atoms with van der Waals surface area (Å²) in [5, 5.41) is 10.0. The summed E-state index contributed by atoms with van der Waals surface area (Å²) in [6.07, 6.45) is -3.34. The number of H-pyrrole nitrogens is 1. The highest BCUT2D eigenvalue weighted by Gasteiger charge is 2.38. The van der Waals surface area contributed by atoms with E-state index in [2.05, 4.69) is 15.2 Å². The summed E-state index contributed by atoms with van der Waals surface area (Å²) in [6, 6.07) is 14.1. The summed E-state index contributed by atoms with van der Waals surface area (Å²) in [6.45, 7) is 2.66. The summed E-state index contributed by atoms with van der Waals surface area (Å²) in [5.74, 6) is -2.67. The summed E-state index contributed by atoms with van der Waals surface area (Å²) < 4.78 is 44.8. The molecule has 1 aromatic carbocycles. The number of amides is 1. The van der Waals surface area contributed by atoms with Crippen molar-refractivity contribution < 1.29 is 32.3 Å². The lowest BCUT2D eigenvalue weighted by atomic mass is 10.1. The fourth-order valence-corrected chi connectivity index (χ4v) is 3.51. The molecule has 4 rings (SSSR count). The Bertz CT molecular complexity index is 1290. The number of pyridine rings is 2. The topological polar surface area (TPSA) is 115 Å². The molecule has 12 heteroatoms. The zero-order valence-electron chi connectivity index (χ0n) is 19.0. The zero-order chi connectivity index (χ0) is 26.5. The average Bonchev–Trinajstić information content (AvgIpc) is 2.83. The molecule has 1 amide bonds. The van der Waals surface area contributed by atoms with Gasteiger partial charge < -0.3 is 20.3 Å². The predicted molar refractivity (Wildman–Crippen MR) is 123 cm³/mol. The molecule has 0 saturated carbocycles. The Hall–Kier alpha value is -4.22. The number of carboxylic acid groups (broad SMARTS) is 1. The SMILES string of the molecule is CC(NC(=O)c1ccc(F)cc1)c1ccc2c(n1)CCCN2c1cccc(=O)[nH]1.O=C(O)C(F)(F)F. The number of carbonyl (C=O) groups is 2. The smallest absolute Gasteiger partial charge is 0.475 e. The minimum absolute atomic E-state index is 0.142. The highest BCUT2D eigenvalue weighted by molar-refractivity contribution is 5.94. The number of anilines is 2. The second-order valence-corrected chi connectivity index (χ2v) is 7.86. The van der Waals surface area contributed by atoms with E-state index in [0.717, 1.165) is 42.3 Å². The maximum Gasteiger partial charge on any atom is 0.490 e. The molecule has 0 fully saturated rings. The number of carbonyl (C=O) groups excluding carboxylic acids is 1. The normalized spacial score (nSPS) is 13.6. The lowest BCUT2D eigenvalue weighted by molar-refractivity contribution is -0.192. The van der Waals surface area contributed by atoms with Crippen LogP contribution >= 0.6 is 0 Å². The van der Waals surface area contributed by atoms with Crippen molar-refractivity contribution in [1.82, 2.24) is 15.3 Å². The van der Waals surface area contributed by atoms with Crippen LogP contribution in [0.4, 0.5) is 29.1 Å². The number of aryl methyl sites for hydroxylation is 1. The van der Waals surface area contributed by atoms with E-state index in [-0.39, 0.29) is 23.3 Å². The molecule has 190 valence electrons. The van der Waals surface area contributed by atoms with Crippen molar-refractivity contribution in [3.05, 3.63) is 87.7 Å². The zero-order valence-corrected chi connectivity index (χ0v) is 19.0. The summed E-state index contributed by atoms with van der Waals surface area (Å²) in [7, 11) is 0. The van der Waals surface area contributed by atoms with Gasteiger partial charge in [0.25, 0.3) is 5.91 Å². The van der Waals surface area contributed by atoms with Gasteiger partial charge in [-0.25, -0.2) is 9.18 Å². The van der Waals surface area contributed by atoms with Crippen molar-refractivity contribution in [3.63, 3.8) is 0 Å². The van der Waals surface area contributed by atoms with Gasteiger partial charge in [-0.3, -0.25) is 14.6 Å². The number of rotatable bonds is 4. The largest absolute Gasteiger partial charge is 0.490 e. The van der Waals surface area contributed by atoms with E-state index in [1.54, 1.807) is 6.07 Å². The third kappa shape index (κ3) is 6.68. The van der Waals surface area contributed by atoms with Crippen LogP contribution in [0.25, 0.3) is 0 Å². The minimum Gasteiger partial charge on any atom is -0.475 e. The quantitative estimate of drug-likeness (QED) is 0.459. The Morgan fingerprint density at radius 3 is 2.39 bits per heavy atom. The summed E-state index contributed by atoms with van der Waals surface area (Å²) in [4.78, 5) is 42.6. The molecule has 36 heavy (non-hydrogen) atoms. The summed E-state index contributed by atoms with van der Waals surface area (Å²) >= 11 is 0. The van der Waals surface area contributed by atoms with Crippen molar-refractivity contribution >= 4 is 23.4 Å². The molecule has 3 heterocycles. The molecule has 8 nitrogen and oxygen atoms in total. The minimum atomic E-state index is -5.08. The van der Waals surface area contributed by atoms with Crippen LogP contribution in [0.15, 0.2) is 59.4 Å². The van der Waals surface area contributed by atoms with Gasteiger partial charge in [0, 0.05) is 18.2 Å². The van der Waals surface area contributed by atoms with Gasteiger partial charge in [-0.15, -0.1) is 0 Å². The molecule has 0 bridgehead atoms. The van der Waals surface area contributed by atoms with E-state index in [0.29, 0.717) is 5.56 Å². The molecule has 3 aromatic rings. The first-order chi connectivity index (χ1) is 17.0. The van der Waals surface area contributed by atoms with E-state index < -0.39 is 12.1 Å². The van der Waals surface area contributed by atoms with Crippen LogP contribution in [-0.4, -0.2) is 39.7 Å². The Morgan fingerprint density at radius 1 is 1.11 bits per heavy atom. The second-order valence-electron chi connectivity index (χ2n) is 7.86. The molecule has 3 N–H and O–H groups in total. The molecule has 0 radical (unpaired) electrons. The van der Waals surface area contributed by atoms with E-state index >= 15 is 0 Å². The Balaban J connectivity index is 0.000000454. The third-order valence-corrected chi connectivity index (χ3v) is 5.24. The molecular weight excluding hydrogens is 484 g/mol. The fourth-order valence-electron chi connectivity index (χ4n) is 3.51. The number of nitrogens with zero attached hydrogens (tertiary/aromatic N) is 2. The number of hydrogen-bond donors (Lipinski definition) is 3. The second kappa shape index (κ2) is 11.0. The first-order valence-electron chi connectivity index (χ1n) is 10.8. The van der Waals surface area contributed by atoms with Crippen LogP contribution in [0.1, 0.15) is 41.1 Å². The number of benzene rings is 1. The van der Waals surface area contributed by atoms with Crippen LogP contribution < -0.4 is 15.8 Å². The lowest BCUT2D eigenvalue weighted by Crippen LogP contribution is -2.30. The molecule has 0 aliphatic carbocycles. The van der Waals surface area contributed by atoms with Crippen LogP contribution in [0, 0.1) is 5.82 Å². The first kappa shape index (κ1) is 26.4. The van der Waals surface area contributed by atoms with Gasteiger partial charge in [-0.05, 0) is 62.2 Å². The summed E-state index contributed by atoms with van der Waals surface area (Å²) in [5.41, 5.74) is 2.90. The van der Waals surface area contributed by atoms with E-state index in [1.165, 1.54) is 30.3 Å². The predicted octanol–water partition coefficient (Wildman–Crippen LogP) is 4.12. The standard InChI is InChI=1S/C22H21FN4O2.C2HF3O2/c1-14(24-22(29)15-7-9-16(23)10-8-15)17-11-12-19-18(25-17)4-3-13-27(19)20-5-2-6-21(28)26-20;3-2(4,5)1(6)7/h2,5-12,14H,3-4,13H2,1H3,(H,24,29)(H,26,28);(H,6,7). The highest BCUT2D eigenvalue weighted by Crippen LogP contribution is 2.31. The number of aromatic nitrogens is 2. The number of aliphatic carboxylic acids is 1. The van der Waals surface area contributed by atoms with Gasteiger partial charge in [0.05, 0.1) is 23.1 Å². The number of halogens is 4. The number of alkyl halides is 3. The van der Waals surface area contributed by atoms with Gasteiger partial charge in [-0.2, -0.15) is 13.2 Å². The van der Waals surface area contributed by atoms with Crippen molar-refractivity contribution in [3.8, 4) is 0 Å². The van der Waals surface area contributed by atoms with Gasteiger partial charge in [0.2, 0.25) is 5.56 Å². The Morgan fingerprint density at radius 2 is 1.78 bits per heavy atom. The van der Waals surface area contributed by atoms with Gasteiger partial charge in [0.1, 0.15) is 11.6 Å². The number of aromatic amines is 1. The van der Waals surface area contributed by atoms with Crippen molar-refractivity contribution in [2.75, 3.05) is 11.4 Å². The van der Waals surface area contributed by atoms with Crippen LogP contribution in [0.5, 0.6) is 0 Å². The van der Waals surface area contributed by atoms with E-state index in [4.69, 9.17) is 14.9 Å². The maximum absolute atomic E-state index is 13.0. The molecule has 1 aliphatic rings. The first-order valence-corrected chi connectivity index (χ1v) is 10.8. The van der Waals surface area contributed by atoms with Crippen molar-refractivity contribution in [1.29, 1.82) is 0 Å². The Kier molecular flexibility index (Phi) is 8.07. The lowest BCUT2D eigenvalue weighted by Gasteiger charge is -2.30. The molecule has 0 spiro atoms. The number of nitrogens with one attached hydrogen (secondary N) is 2. The molecule has 2 aromatic heterocycles. The highest BCUT2D eigenvalue weighted by atomic mass is 19.4. The van der Waals surface area contributed by atoms with Gasteiger partial charge >= 0.3 is 12.1 Å². The number of carboxylic acids is 1. The van der Waals surface area contributed by atoms with E-state index in [1.807, 2.05) is 25.1 Å². The van der Waals surface area contributed by atoms with Crippen molar-refractivity contribution in [2.45, 2.75) is 32.0 Å². The molecule has 0 saturated heterocycles. The van der Waals surface area contributed by atoms with Crippen LogP contribution in [0.2, 0.25) is 0 Å². The maximum atomic E-state index is 13.0.